The maximum atomic E-state index is 5.73. The van der Waals surface area contributed by atoms with Crippen molar-refractivity contribution in [3.05, 3.63) is 23.4 Å². The Kier molecular flexibility index (Phi) is 3.85. The predicted octanol–water partition coefficient (Wildman–Crippen LogP) is 2.65. The maximum Gasteiger partial charge on any atom is 0.129 e. The molecular weight excluding hydrogens is 242 g/mol. The molecule has 3 nitrogen and oxygen atoms in total. The van der Waals surface area contributed by atoms with Crippen LogP contribution < -0.4 is 10.6 Å². The zero-order chi connectivity index (χ0) is 13.3. The van der Waals surface area contributed by atoms with Gasteiger partial charge in [0.2, 0.25) is 0 Å². The average Bonchev–Trinajstić information content (AvgIpc) is 3.08. The van der Waals surface area contributed by atoms with Crippen molar-refractivity contribution >= 4 is 23.0 Å². The van der Waals surface area contributed by atoms with Gasteiger partial charge in [-0.15, -0.1) is 0 Å². The van der Waals surface area contributed by atoms with E-state index in [1.807, 2.05) is 19.1 Å². The van der Waals surface area contributed by atoms with Crippen LogP contribution in [0, 0.1) is 12.8 Å². The van der Waals surface area contributed by atoms with Crippen LogP contribution in [-0.2, 0) is 0 Å². The Morgan fingerprint density at radius 1 is 1.50 bits per heavy atom. The highest BCUT2D eigenvalue weighted by Gasteiger charge is 2.30. The van der Waals surface area contributed by atoms with Gasteiger partial charge in [0.1, 0.15) is 10.8 Å². The summed E-state index contributed by atoms with van der Waals surface area (Å²) in [7, 11) is 0. The third kappa shape index (κ3) is 3.19. The van der Waals surface area contributed by atoms with E-state index in [-0.39, 0.29) is 0 Å². The smallest absolute Gasteiger partial charge is 0.129 e. The minimum Gasteiger partial charge on any atom is -0.389 e. The molecule has 98 valence electrons. The fraction of sp³-hybridized carbons (Fsp3) is 0.571. The van der Waals surface area contributed by atoms with E-state index in [2.05, 4.69) is 23.7 Å². The number of anilines is 1. The summed E-state index contributed by atoms with van der Waals surface area (Å²) in [5.41, 5.74) is 7.62. The molecule has 0 aromatic carbocycles. The third-order valence-electron chi connectivity index (χ3n) is 3.07. The lowest BCUT2D eigenvalue weighted by molar-refractivity contribution is 0.602. The predicted molar refractivity (Wildman–Crippen MR) is 80.1 cm³/mol. The van der Waals surface area contributed by atoms with E-state index >= 15 is 0 Å². The Balaban J connectivity index is 2.31. The van der Waals surface area contributed by atoms with E-state index in [9.17, 15) is 0 Å². The van der Waals surface area contributed by atoms with E-state index in [0.29, 0.717) is 16.9 Å². The fourth-order valence-corrected chi connectivity index (χ4v) is 2.27. The molecule has 0 saturated heterocycles. The highest BCUT2D eigenvalue weighted by molar-refractivity contribution is 7.80. The molecule has 0 radical (unpaired) electrons. The lowest BCUT2D eigenvalue weighted by Gasteiger charge is -2.26. The van der Waals surface area contributed by atoms with Crippen LogP contribution in [0.2, 0.25) is 0 Å². The van der Waals surface area contributed by atoms with Crippen molar-refractivity contribution in [2.45, 2.75) is 39.7 Å². The topological polar surface area (TPSA) is 42.1 Å². The SMILES string of the molecule is Cc1cc(C(N)=S)cc(N(CC(C)C)C2CC2)n1. The minimum atomic E-state index is 0.446. The van der Waals surface area contributed by atoms with E-state index < -0.39 is 0 Å². The second-order valence-corrected chi connectivity index (χ2v) is 5.94. The summed E-state index contributed by atoms with van der Waals surface area (Å²) >= 11 is 5.07. The summed E-state index contributed by atoms with van der Waals surface area (Å²) in [5, 5.41) is 0. The van der Waals surface area contributed by atoms with Crippen LogP contribution in [0.25, 0.3) is 0 Å². The van der Waals surface area contributed by atoms with E-state index in [1.54, 1.807) is 0 Å². The lowest BCUT2D eigenvalue weighted by atomic mass is 10.1. The Labute approximate surface area is 114 Å². The molecule has 0 spiro atoms. The first kappa shape index (κ1) is 13.3. The van der Waals surface area contributed by atoms with Gasteiger partial charge in [0.05, 0.1) is 0 Å². The number of aryl methyl sites for hydroxylation is 1. The molecule has 18 heavy (non-hydrogen) atoms. The quantitative estimate of drug-likeness (QED) is 0.829. The number of hydrogen-bond donors (Lipinski definition) is 1. The van der Waals surface area contributed by atoms with Crippen molar-refractivity contribution in [3.8, 4) is 0 Å². The fourth-order valence-electron chi connectivity index (χ4n) is 2.15. The van der Waals surface area contributed by atoms with Gasteiger partial charge in [-0.1, -0.05) is 26.1 Å². The van der Waals surface area contributed by atoms with Gasteiger partial charge >= 0.3 is 0 Å². The van der Waals surface area contributed by atoms with Crippen LogP contribution >= 0.6 is 12.2 Å². The first-order valence-electron chi connectivity index (χ1n) is 6.52. The molecule has 0 amide bonds. The van der Waals surface area contributed by atoms with Crippen LogP contribution in [0.4, 0.5) is 5.82 Å². The molecule has 1 aromatic rings. The Morgan fingerprint density at radius 3 is 2.67 bits per heavy atom. The minimum absolute atomic E-state index is 0.446. The van der Waals surface area contributed by atoms with E-state index in [4.69, 9.17) is 18.0 Å². The van der Waals surface area contributed by atoms with E-state index in [0.717, 1.165) is 23.6 Å². The molecule has 2 rings (SSSR count). The van der Waals surface area contributed by atoms with Gasteiger partial charge in [-0.25, -0.2) is 4.98 Å². The van der Waals surface area contributed by atoms with Gasteiger partial charge in [0.15, 0.2) is 0 Å². The molecule has 0 atom stereocenters. The molecule has 1 aliphatic rings. The van der Waals surface area contributed by atoms with Gasteiger partial charge < -0.3 is 10.6 Å². The zero-order valence-corrected chi connectivity index (χ0v) is 12.1. The Morgan fingerprint density at radius 2 is 2.17 bits per heavy atom. The van der Waals surface area contributed by atoms with Crippen LogP contribution in [0.1, 0.15) is 37.9 Å². The molecule has 2 N–H and O–H groups in total. The monoisotopic (exact) mass is 263 g/mol. The summed E-state index contributed by atoms with van der Waals surface area (Å²) in [6.45, 7) is 7.50. The van der Waals surface area contributed by atoms with Crippen LogP contribution in [0.15, 0.2) is 12.1 Å². The third-order valence-corrected chi connectivity index (χ3v) is 3.30. The molecular formula is C14H21N3S. The molecule has 0 aliphatic heterocycles. The first-order valence-corrected chi connectivity index (χ1v) is 6.93. The second-order valence-electron chi connectivity index (χ2n) is 5.50. The highest BCUT2D eigenvalue weighted by atomic mass is 32.1. The van der Waals surface area contributed by atoms with Crippen molar-refractivity contribution in [1.29, 1.82) is 0 Å². The summed E-state index contributed by atoms with van der Waals surface area (Å²) in [5.74, 6) is 1.65. The zero-order valence-electron chi connectivity index (χ0n) is 11.3. The van der Waals surface area contributed by atoms with Gasteiger partial charge in [0.25, 0.3) is 0 Å². The standard InChI is InChI=1S/C14H21N3S/c1-9(2)8-17(12-4-5-12)13-7-11(14(15)18)6-10(3)16-13/h6-7,9,12H,4-5,8H2,1-3H3,(H2,15,18). The van der Waals surface area contributed by atoms with Crippen molar-refractivity contribution in [3.63, 3.8) is 0 Å². The van der Waals surface area contributed by atoms with Crippen molar-refractivity contribution in [2.75, 3.05) is 11.4 Å². The van der Waals surface area contributed by atoms with Gasteiger partial charge in [-0.2, -0.15) is 0 Å². The molecule has 1 saturated carbocycles. The molecule has 4 heteroatoms. The summed E-state index contributed by atoms with van der Waals surface area (Å²) in [6.07, 6.45) is 2.54. The molecule has 1 heterocycles. The maximum absolute atomic E-state index is 5.73. The summed E-state index contributed by atoms with van der Waals surface area (Å²) in [6, 6.07) is 4.63. The average molecular weight is 263 g/mol. The van der Waals surface area contributed by atoms with Crippen molar-refractivity contribution in [1.82, 2.24) is 4.98 Å². The van der Waals surface area contributed by atoms with Crippen LogP contribution in [0.3, 0.4) is 0 Å². The summed E-state index contributed by atoms with van der Waals surface area (Å²) in [4.78, 5) is 7.49. The number of hydrogen-bond acceptors (Lipinski definition) is 3. The molecule has 0 unspecified atom stereocenters. The number of pyridine rings is 1. The summed E-state index contributed by atoms with van der Waals surface area (Å²) < 4.78 is 0. The number of nitrogens with two attached hydrogens (primary N) is 1. The normalized spacial score (nSPS) is 14.9. The Bertz CT molecular complexity index is 452. The molecule has 1 aliphatic carbocycles. The van der Waals surface area contributed by atoms with Gasteiger partial charge in [-0.05, 0) is 37.8 Å². The van der Waals surface area contributed by atoms with Gasteiger partial charge in [0, 0.05) is 23.8 Å². The van der Waals surface area contributed by atoms with E-state index in [1.165, 1.54) is 12.8 Å². The largest absolute Gasteiger partial charge is 0.389 e. The highest BCUT2D eigenvalue weighted by Crippen LogP contribution is 2.31. The molecule has 0 bridgehead atoms. The number of nitrogens with zero attached hydrogens (tertiary/aromatic N) is 2. The number of aromatic nitrogens is 1. The van der Waals surface area contributed by atoms with Crippen LogP contribution in [0.5, 0.6) is 0 Å². The van der Waals surface area contributed by atoms with Crippen LogP contribution in [-0.4, -0.2) is 22.6 Å². The number of thiocarbonyl (C=S) groups is 1. The van der Waals surface area contributed by atoms with Crippen molar-refractivity contribution in [2.24, 2.45) is 11.7 Å². The lowest BCUT2D eigenvalue weighted by Crippen LogP contribution is -2.31. The molecule has 1 aromatic heterocycles. The molecule has 1 fully saturated rings. The van der Waals surface area contributed by atoms with Crippen molar-refractivity contribution < 1.29 is 0 Å². The first-order chi connectivity index (χ1) is 8.47. The Hall–Kier alpha value is -1.16. The van der Waals surface area contributed by atoms with Gasteiger partial charge in [-0.3, -0.25) is 0 Å². The second kappa shape index (κ2) is 5.22. The number of rotatable bonds is 5.